The van der Waals surface area contributed by atoms with Gasteiger partial charge in [0, 0.05) is 99.7 Å². The van der Waals surface area contributed by atoms with Gasteiger partial charge in [-0.05, 0) is 112 Å². The van der Waals surface area contributed by atoms with Crippen molar-refractivity contribution in [2.24, 2.45) is 0 Å². The monoisotopic (exact) mass is 1130 g/mol. The molecular weight excluding hydrogens is 1070 g/mol. The number of hydrogen-bond donors (Lipinski definition) is 5. The molecule has 2 amide bonds. The van der Waals surface area contributed by atoms with Crippen molar-refractivity contribution < 1.29 is 42.7 Å². The van der Waals surface area contributed by atoms with Crippen molar-refractivity contribution in [3.05, 3.63) is 178 Å². The summed E-state index contributed by atoms with van der Waals surface area (Å²) in [5.41, 5.74) is 6.41. The molecule has 0 aliphatic rings. The number of hydrogen-bond acceptors (Lipinski definition) is 11. The van der Waals surface area contributed by atoms with Gasteiger partial charge in [0.25, 0.3) is 0 Å². The van der Waals surface area contributed by atoms with Crippen LogP contribution in [-0.2, 0) is 45.2 Å². The third-order valence-electron chi connectivity index (χ3n) is 12.2. The number of fused-ring (bicyclic) bond motifs is 2. The number of amides is 2. The first-order chi connectivity index (χ1) is 37.7. The number of aromatic nitrogens is 4. The first-order valence-electron chi connectivity index (χ1n) is 25.2. The van der Waals surface area contributed by atoms with Crippen molar-refractivity contribution in [2.75, 3.05) is 23.7 Å². The zero-order valence-corrected chi connectivity index (χ0v) is 46.0. The quantitative estimate of drug-likeness (QED) is 0.0426. The molecular formula is C60H65Cl2F2N9O7. The Labute approximate surface area is 473 Å². The Morgan fingerprint density at radius 1 is 0.662 bits per heavy atom. The molecule has 8 aromatic rings. The van der Waals surface area contributed by atoms with Crippen LogP contribution < -0.4 is 21.3 Å². The van der Waals surface area contributed by atoms with E-state index in [9.17, 15) is 37.5 Å². The maximum absolute atomic E-state index is 14.2. The molecule has 0 bridgehead atoms. The molecule has 20 heteroatoms. The molecule has 4 aromatic carbocycles. The second-order valence-corrected chi connectivity index (χ2v) is 19.8. The van der Waals surface area contributed by atoms with Crippen LogP contribution >= 0.6 is 23.2 Å². The average molecular weight is 1130 g/mol. The average Bonchev–Trinajstić information content (AvgIpc) is 3.97. The zero-order valence-electron chi connectivity index (χ0n) is 44.5. The molecule has 4 heterocycles. The number of Topliss-reactive ketones (excluding diaryl/α,β-unsaturated/α-hetero) is 3. The fourth-order valence-electron chi connectivity index (χ4n) is 8.23. The Balaban J connectivity index is 0.000000243. The van der Waals surface area contributed by atoms with Crippen molar-refractivity contribution in [1.82, 2.24) is 34.6 Å². The van der Waals surface area contributed by atoms with Gasteiger partial charge >= 0.3 is 5.97 Å². The predicted octanol–water partition coefficient (Wildman–Crippen LogP) is 12.0. The Morgan fingerprint density at radius 2 is 1.16 bits per heavy atom. The van der Waals surface area contributed by atoms with Crippen LogP contribution in [0.2, 0.25) is 10.0 Å². The van der Waals surface area contributed by atoms with Crippen LogP contribution in [0.15, 0.2) is 134 Å². The molecule has 0 aliphatic heterocycles. The highest BCUT2D eigenvalue weighted by Crippen LogP contribution is 2.29. The molecule has 0 saturated heterocycles. The number of anilines is 4. The predicted molar refractivity (Wildman–Crippen MR) is 311 cm³/mol. The molecule has 0 spiro atoms. The number of carbonyl (C=O) groups is 6. The standard InChI is InChI=1S/C29H29ClFN5O3.C17H15N3O3.C13H17ClFNO.CH4/c1-18(2)36(16-27(38)33-13-20-6-4-8-25(30)29(20)31)28(39)17-35-15-24(19(3)37)23-12-21(9-10-26(23)35)34-22-7-5-11-32-14-22;1-11(21)15-9-20(10-17(22)23)16-5-4-12(7-14(15)16)19-13-3-2-6-18-8-13;1-9(2)16-8-11(17)7-6-10-4-3-5-12(14)13(10)15;/h4-12,14-15,18,34H,13,16-17H2,1-3H3,(H,33,38);2-9,19H,10H2,1H3,(H,22,23);3-5,9,16H,6-8H2,1-2H3;1H4. The highest BCUT2D eigenvalue weighted by Gasteiger charge is 2.23. The maximum atomic E-state index is 14.2. The van der Waals surface area contributed by atoms with E-state index < -0.39 is 23.5 Å². The molecule has 0 saturated carbocycles. The van der Waals surface area contributed by atoms with E-state index in [1.54, 1.807) is 64.5 Å². The molecule has 16 nitrogen and oxygen atoms in total. The Hall–Kier alpha value is -8.32. The second-order valence-electron chi connectivity index (χ2n) is 18.9. The van der Waals surface area contributed by atoms with Gasteiger partial charge in [0.15, 0.2) is 11.6 Å². The van der Waals surface area contributed by atoms with Gasteiger partial charge in [0.2, 0.25) is 11.8 Å². The van der Waals surface area contributed by atoms with Crippen LogP contribution in [0.5, 0.6) is 0 Å². The minimum absolute atomic E-state index is 0. The first kappa shape index (κ1) is 62.5. The molecule has 0 unspecified atom stereocenters. The van der Waals surface area contributed by atoms with Crippen LogP contribution in [0.25, 0.3) is 21.8 Å². The number of rotatable bonds is 21. The molecule has 420 valence electrons. The summed E-state index contributed by atoms with van der Waals surface area (Å²) in [5.74, 6) is -2.82. The highest BCUT2D eigenvalue weighted by atomic mass is 35.5. The molecule has 0 radical (unpaired) electrons. The Kier molecular flexibility index (Phi) is 23.1. The number of carbonyl (C=O) groups excluding carboxylic acids is 5. The van der Waals surface area contributed by atoms with E-state index in [0.717, 1.165) is 33.7 Å². The lowest BCUT2D eigenvalue weighted by Crippen LogP contribution is -2.45. The van der Waals surface area contributed by atoms with Crippen molar-refractivity contribution in [3.8, 4) is 0 Å². The van der Waals surface area contributed by atoms with Gasteiger partial charge in [-0.25, -0.2) is 8.78 Å². The van der Waals surface area contributed by atoms with E-state index in [4.69, 9.17) is 28.3 Å². The summed E-state index contributed by atoms with van der Waals surface area (Å²) in [6.45, 7) is 10.4. The molecule has 0 fully saturated rings. The van der Waals surface area contributed by atoms with Gasteiger partial charge in [0.05, 0.1) is 46.9 Å². The summed E-state index contributed by atoms with van der Waals surface area (Å²) in [7, 11) is 0. The molecule has 8 rings (SSSR count). The van der Waals surface area contributed by atoms with E-state index in [-0.39, 0.29) is 84.6 Å². The summed E-state index contributed by atoms with van der Waals surface area (Å²) < 4.78 is 31.0. The topological polar surface area (TPSA) is 210 Å². The largest absolute Gasteiger partial charge is 0.480 e. The first-order valence-corrected chi connectivity index (χ1v) is 25.9. The number of ketones is 3. The van der Waals surface area contributed by atoms with E-state index >= 15 is 0 Å². The van der Waals surface area contributed by atoms with Gasteiger partial charge < -0.3 is 40.4 Å². The number of halogens is 4. The number of aliphatic carboxylic acids is 1. The van der Waals surface area contributed by atoms with Crippen LogP contribution in [0.4, 0.5) is 31.5 Å². The van der Waals surface area contributed by atoms with Gasteiger partial charge in [-0.15, -0.1) is 0 Å². The van der Waals surface area contributed by atoms with Crippen LogP contribution in [0.1, 0.15) is 87.2 Å². The summed E-state index contributed by atoms with van der Waals surface area (Å²) >= 11 is 11.5. The number of carboxylic acid groups (broad SMARTS) is 1. The number of aryl methyl sites for hydroxylation is 1. The SMILES string of the molecule is C.CC(=O)c1cn(CC(=O)N(CC(=O)NCc2cccc(Cl)c2F)C(C)C)c2ccc(Nc3cccnc3)cc12.CC(=O)c1cn(CC(=O)O)c2ccc(Nc3cccnc3)cc12.CC(C)NCC(=O)CCc1cccc(Cl)c1F. The van der Waals surface area contributed by atoms with Crippen molar-refractivity contribution in [1.29, 1.82) is 0 Å². The minimum atomic E-state index is -0.949. The van der Waals surface area contributed by atoms with Gasteiger partial charge in [0.1, 0.15) is 30.5 Å². The van der Waals surface area contributed by atoms with Gasteiger partial charge in [-0.1, -0.05) is 68.7 Å². The molecule has 4 aromatic heterocycles. The van der Waals surface area contributed by atoms with Crippen molar-refractivity contribution in [3.63, 3.8) is 0 Å². The molecule has 0 aliphatic carbocycles. The lowest BCUT2D eigenvalue weighted by Gasteiger charge is -2.26. The zero-order chi connectivity index (χ0) is 57.3. The summed E-state index contributed by atoms with van der Waals surface area (Å²) in [6.07, 6.45) is 10.8. The summed E-state index contributed by atoms with van der Waals surface area (Å²) in [6, 6.07) is 27.9. The second kappa shape index (κ2) is 29.6. The number of benzene rings is 4. The molecule has 80 heavy (non-hydrogen) atoms. The Bertz CT molecular complexity index is 3460. The summed E-state index contributed by atoms with van der Waals surface area (Å²) in [4.78, 5) is 82.3. The van der Waals surface area contributed by atoms with E-state index in [0.29, 0.717) is 47.0 Å². The van der Waals surface area contributed by atoms with E-state index in [1.165, 1.54) is 36.9 Å². The highest BCUT2D eigenvalue weighted by molar-refractivity contribution is 6.31. The van der Waals surface area contributed by atoms with E-state index in [1.807, 2.05) is 88.4 Å². The molecule has 5 N–H and O–H groups in total. The minimum Gasteiger partial charge on any atom is -0.480 e. The Morgan fingerprint density at radius 3 is 1.62 bits per heavy atom. The number of carboxylic acids is 1. The van der Waals surface area contributed by atoms with Crippen LogP contribution in [0, 0.1) is 11.6 Å². The third kappa shape index (κ3) is 17.6. The maximum Gasteiger partial charge on any atom is 0.323 e. The summed E-state index contributed by atoms with van der Waals surface area (Å²) in [5, 5.41) is 22.7. The van der Waals surface area contributed by atoms with Gasteiger partial charge in [-0.2, -0.15) is 0 Å². The third-order valence-corrected chi connectivity index (χ3v) is 12.8. The van der Waals surface area contributed by atoms with Crippen molar-refractivity contribution in [2.45, 2.75) is 93.5 Å². The fourth-order valence-corrected chi connectivity index (χ4v) is 8.62. The van der Waals surface area contributed by atoms with Crippen molar-refractivity contribution >= 4 is 103 Å². The fraction of sp³-hybridized carbons (Fsp3) is 0.267. The smallest absolute Gasteiger partial charge is 0.323 e. The molecule has 0 atom stereocenters. The lowest BCUT2D eigenvalue weighted by molar-refractivity contribution is -0.138. The normalized spacial score (nSPS) is 10.8. The van der Waals surface area contributed by atoms with Gasteiger partial charge in [-0.3, -0.25) is 38.7 Å². The van der Waals surface area contributed by atoms with E-state index in [2.05, 4.69) is 31.2 Å². The van der Waals surface area contributed by atoms with Crippen LogP contribution in [-0.4, -0.2) is 89.4 Å². The van der Waals surface area contributed by atoms with Crippen LogP contribution in [0.3, 0.4) is 0 Å². The number of nitrogens with zero attached hydrogens (tertiary/aromatic N) is 5. The number of pyridine rings is 2. The number of nitrogens with one attached hydrogen (secondary N) is 4. The lowest BCUT2D eigenvalue weighted by atomic mass is 10.1.